The van der Waals surface area contributed by atoms with Gasteiger partial charge in [0.25, 0.3) is 0 Å². The number of methoxy groups -OCH3 is 1. The highest BCUT2D eigenvalue weighted by Crippen LogP contribution is 2.26. The number of nitrogens with one attached hydrogen (secondary N) is 1. The predicted octanol–water partition coefficient (Wildman–Crippen LogP) is 5.63. The number of benzene rings is 3. The van der Waals surface area contributed by atoms with Gasteiger partial charge < -0.3 is 14.5 Å². The Bertz CT molecular complexity index is 1230. The fourth-order valence-corrected chi connectivity index (χ4v) is 3.47. The lowest BCUT2D eigenvalue weighted by atomic mass is 10.1. The second-order valence-corrected chi connectivity index (χ2v) is 7.08. The molecule has 1 N–H and O–H groups in total. The summed E-state index contributed by atoms with van der Waals surface area (Å²) in [6.07, 6.45) is 0. The minimum Gasteiger partial charge on any atom is -0.465 e. The van der Waals surface area contributed by atoms with Gasteiger partial charge in [-0.05, 0) is 29.8 Å². The summed E-state index contributed by atoms with van der Waals surface area (Å²) in [4.78, 5) is 27.6. The van der Waals surface area contributed by atoms with Crippen LogP contribution in [0.5, 0.6) is 0 Å². The molecular weight excluding hydrogens is 402 g/mol. The number of fused-ring (bicyclic) bond motifs is 1. The largest absolute Gasteiger partial charge is 0.465 e. The number of rotatable bonds is 5. The highest BCUT2D eigenvalue weighted by Gasteiger charge is 2.16. The van der Waals surface area contributed by atoms with Crippen LogP contribution < -0.4 is 0 Å². The van der Waals surface area contributed by atoms with Crippen LogP contribution in [-0.4, -0.2) is 24.0 Å². The summed E-state index contributed by atoms with van der Waals surface area (Å²) in [6, 6.07) is 22.3. The minimum absolute atomic E-state index is 0.0550. The van der Waals surface area contributed by atoms with Crippen LogP contribution in [0.25, 0.3) is 22.2 Å². The van der Waals surface area contributed by atoms with Crippen LogP contribution >= 0.6 is 11.6 Å². The van der Waals surface area contributed by atoms with Gasteiger partial charge in [-0.1, -0.05) is 60.1 Å². The molecule has 0 bridgehead atoms. The van der Waals surface area contributed by atoms with Gasteiger partial charge >= 0.3 is 11.9 Å². The van der Waals surface area contributed by atoms with Crippen molar-refractivity contribution in [1.82, 2.24) is 4.98 Å². The standard InChI is InChI=1S/C24H18ClNO4/c1-29-24(28)19-9-5-8-18(22(19)25)14-30-23(27)17-11-10-16-12-20(26-21(16)13-17)15-6-3-2-4-7-15/h2-13,26H,14H2,1H3. The molecule has 0 atom stereocenters. The summed E-state index contributed by atoms with van der Waals surface area (Å²) in [6.45, 7) is -0.0550. The molecule has 4 aromatic rings. The molecule has 0 radical (unpaired) electrons. The van der Waals surface area contributed by atoms with Gasteiger partial charge in [-0.25, -0.2) is 9.59 Å². The third-order valence-electron chi connectivity index (χ3n) is 4.79. The Balaban J connectivity index is 1.52. The molecule has 0 saturated heterocycles. The van der Waals surface area contributed by atoms with Gasteiger partial charge in [0.2, 0.25) is 0 Å². The zero-order valence-electron chi connectivity index (χ0n) is 16.1. The van der Waals surface area contributed by atoms with Crippen molar-refractivity contribution < 1.29 is 19.1 Å². The molecular formula is C24H18ClNO4. The number of hydrogen-bond acceptors (Lipinski definition) is 4. The van der Waals surface area contributed by atoms with Crippen LogP contribution in [-0.2, 0) is 16.1 Å². The van der Waals surface area contributed by atoms with Crippen molar-refractivity contribution in [3.63, 3.8) is 0 Å². The molecule has 1 aromatic heterocycles. The van der Waals surface area contributed by atoms with Crippen molar-refractivity contribution in [2.75, 3.05) is 7.11 Å². The van der Waals surface area contributed by atoms with Crippen molar-refractivity contribution in [3.8, 4) is 11.3 Å². The Labute approximate surface area is 178 Å². The van der Waals surface area contributed by atoms with E-state index in [0.717, 1.165) is 22.2 Å². The van der Waals surface area contributed by atoms with Crippen LogP contribution in [0.3, 0.4) is 0 Å². The Kier molecular flexibility index (Phi) is 5.55. The number of ether oxygens (including phenoxy) is 2. The van der Waals surface area contributed by atoms with Crippen molar-refractivity contribution in [1.29, 1.82) is 0 Å². The number of esters is 2. The van der Waals surface area contributed by atoms with Gasteiger partial charge in [-0.3, -0.25) is 0 Å². The molecule has 5 nitrogen and oxygen atoms in total. The molecule has 1 heterocycles. The maximum atomic E-state index is 12.6. The SMILES string of the molecule is COC(=O)c1cccc(COC(=O)c2ccc3cc(-c4ccccc4)[nH]c3c2)c1Cl. The minimum atomic E-state index is -0.542. The predicted molar refractivity (Wildman–Crippen MR) is 116 cm³/mol. The highest BCUT2D eigenvalue weighted by atomic mass is 35.5. The van der Waals surface area contributed by atoms with Crippen LogP contribution in [0.4, 0.5) is 0 Å². The van der Waals surface area contributed by atoms with Crippen LogP contribution in [0.15, 0.2) is 72.8 Å². The van der Waals surface area contributed by atoms with Crippen LogP contribution in [0.1, 0.15) is 26.3 Å². The van der Waals surface area contributed by atoms with E-state index in [9.17, 15) is 9.59 Å². The molecule has 0 aliphatic heterocycles. The zero-order chi connectivity index (χ0) is 21.1. The maximum Gasteiger partial charge on any atom is 0.339 e. The van der Waals surface area contributed by atoms with Crippen molar-refractivity contribution in [3.05, 3.63) is 94.5 Å². The number of carbonyl (C=O) groups is 2. The van der Waals surface area contributed by atoms with Gasteiger partial charge in [-0.2, -0.15) is 0 Å². The lowest BCUT2D eigenvalue weighted by Gasteiger charge is -2.09. The molecule has 0 spiro atoms. The molecule has 0 aliphatic carbocycles. The fourth-order valence-electron chi connectivity index (χ4n) is 3.21. The number of halogens is 1. The first-order valence-corrected chi connectivity index (χ1v) is 9.65. The molecule has 0 saturated carbocycles. The molecule has 0 unspecified atom stereocenters. The smallest absolute Gasteiger partial charge is 0.339 e. The Morgan fingerprint density at radius 3 is 2.50 bits per heavy atom. The summed E-state index contributed by atoms with van der Waals surface area (Å²) in [7, 11) is 1.28. The third-order valence-corrected chi connectivity index (χ3v) is 5.23. The monoisotopic (exact) mass is 419 g/mol. The summed E-state index contributed by atoms with van der Waals surface area (Å²) in [5, 5.41) is 1.21. The summed E-state index contributed by atoms with van der Waals surface area (Å²) in [5.74, 6) is -1.02. The summed E-state index contributed by atoms with van der Waals surface area (Å²) in [5.41, 5.74) is 4.06. The molecule has 0 aliphatic rings. The Hall–Kier alpha value is -3.57. The van der Waals surface area contributed by atoms with Crippen molar-refractivity contribution >= 4 is 34.4 Å². The lowest BCUT2D eigenvalue weighted by molar-refractivity contribution is 0.0473. The third kappa shape index (κ3) is 3.93. The van der Waals surface area contributed by atoms with E-state index in [1.165, 1.54) is 7.11 Å². The Morgan fingerprint density at radius 1 is 0.933 bits per heavy atom. The quantitative estimate of drug-likeness (QED) is 0.425. The topological polar surface area (TPSA) is 68.4 Å². The molecule has 4 rings (SSSR count). The number of H-pyrrole nitrogens is 1. The van der Waals surface area contributed by atoms with Crippen molar-refractivity contribution in [2.24, 2.45) is 0 Å². The van der Waals surface area contributed by atoms with Crippen molar-refractivity contribution in [2.45, 2.75) is 6.61 Å². The average Bonchev–Trinajstić information content (AvgIpc) is 3.21. The van der Waals surface area contributed by atoms with E-state index in [-0.39, 0.29) is 17.2 Å². The summed E-state index contributed by atoms with van der Waals surface area (Å²) >= 11 is 6.25. The van der Waals surface area contributed by atoms with Gasteiger partial charge in [-0.15, -0.1) is 0 Å². The van der Waals surface area contributed by atoms with Gasteiger partial charge in [0.05, 0.1) is 23.3 Å². The summed E-state index contributed by atoms with van der Waals surface area (Å²) < 4.78 is 10.1. The van der Waals surface area contributed by atoms with E-state index in [1.807, 2.05) is 42.5 Å². The molecule has 30 heavy (non-hydrogen) atoms. The Morgan fingerprint density at radius 2 is 1.73 bits per heavy atom. The van der Waals surface area contributed by atoms with Crippen LogP contribution in [0.2, 0.25) is 5.02 Å². The zero-order valence-corrected chi connectivity index (χ0v) is 16.9. The first kappa shape index (κ1) is 19.7. The molecule has 0 amide bonds. The lowest BCUT2D eigenvalue weighted by Crippen LogP contribution is -2.08. The second kappa shape index (κ2) is 8.43. The van der Waals surface area contributed by atoms with E-state index >= 15 is 0 Å². The fraction of sp³-hybridized carbons (Fsp3) is 0.0833. The highest BCUT2D eigenvalue weighted by molar-refractivity contribution is 6.34. The normalized spacial score (nSPS) is 10.7. The number of carbonyl (C=O) groups excluding carboxylic acids is 2. The van der Waals surface area contributed by atoms with E-state index in [1.54, 1.807) is 30.3 Å². The first-order valence-electron chi connectivity index (χ1n) is 9.28. The molecule has 150 valence electrons. The number of hydrogen-bond donors (Lipinski definition) is 1. The number of aromatic nitrogens is 1. The van der Waals surface area contributed by atoms with E-state index in [4.69, 9.17) is 21.1 Å². The van der Waals surface area contributed by atoms with E-state index in [0.29, 0.717) is 11.1 Å². The van der Waals surface area contributed by atoms with Crippen LogP contribution in [0, 0.1) is 0 Å². The molecule has 3 aromatic carbocycles. The molecule has 6 heteroatoms. The molecule has 0 fully saturated rings. The number of aromatic amines is 1. The first-order chi connectivity index (χ1) is 14.6. The maximum absolute atomic E-state index is 12.6. The van der Waals surface area contributed by atoms with E-state index < -0.39 is 11.9 Å². The van der Waals surface area contributed by atoms with Gasteiger partial charge in [0.1, 0.15) is 6.61 Å². The second-order valence-electron chi connectivity index (χ2n) is 6.70. The van der Waals surface area contributed by atoms with Gasteiger partial charge in [0, 0.05) is 22.2 Å². The van der Waals surface area contributed by atoms with Gasteiger partial charge in [0.15, 0.2) is 0 Å². The van der Waals surface area contributed by atoms with E-state index in [2.05, 4.69) is 4.98 Å². The average molecular weight is 420 g/mol.